The van der Waals surface area contributed by atoms with Gasteiger partial charge in [0, 0.05) is 40.5 Å². The Kier molecular flexibility index (Phi) is 7.21. The number of benzene rings is 5. The van der Waals surface area contributed by atoms with Crippen LogP contribution < -0.4 is 14.5 Å². The van der Waals surface area contributed by atoms with E-state index in [2.05, 4.69) is 170 Å². The largest absolute Gasteiger partial charge is 0.457 e. The number of hydrogen-bond acceptors (Lipinski definition) is 4. The van der Waals surface area contributed by atoms with Crippen LogP contribution in [0.15, 0.2) is 134 Å². The van der Waals surface area contributed by atoms with Gasteiger partial charge in [-0.1, -0.05) is 83.1 Å². The van der Waals surface area contributed by atoms with E-state index in [4.69, 9.17) is 9.72 Å². The van der Waals surface area contributed by atoms with Crippen LogP contribution in [-0.2, 0) is 5.41 Å². The van der Waals surface area contributed by atoms with Crippen molar-refractivity contribution in [1.82, 2.24) is 9.55 Å². The van der Waals surface area contributed by atoms with Crippen molar-refractivity contribution < 1.29 is 4.74 Å². The third-order valence-electron chi connectivity index (χ3n) is 9.45. The molecule has 238 valence electrons. The van der Waals surface area contributed by atoms with Crippen LogP contribution in [0.1, 0.15) is 51.7 Å². The molecule has 0 radical (unpaired) electrons. The second-order valence-corrected chi connectivity index (χ2v) is 14.0. The molecule has 48 heavy (non-hydrogen) atoms. The molecular weight excluding hydrogens is 589 g/mol. The Labute approximate surface area is 282 Å². The summed E-state index contributed by atoms with van der Waals surface area (Å²) in [4.78, 5) is 9.59. The molecule has 0 aliphatic carbocycles. The van der Waals surface area contributed by atoms with Gasteiger partial charge in [-0.3, -0.25) is 4.57 Å². The van der Waals surface area contributed by atoms with E-state index in [0.717, 1.165) is 40.7 Å². The fraction of sp³-hybridized carbons (Fsp3) is 0.186. The molecule has 0 fully saturated rings. The summed E-state index contributed by atoms with van der Waals surface area (Å²) in [5, 5.41) is 2.37. The molecular formula is C43H40N4O. The second kappa shape index (κ2) is 11.6. The zero-order chi connectivity index (χ0) is 33.0. The molecule has 7 aromatic rings. The average Bonchev–Trinajstić information content (AvgIpc) is 3.64. The number of anilines is 4. The Morgan fingerprint density at radius 1 is 0.625 bits per heavy atom. The van der Waals surface area contributed by atoms with Crippen LogP contribution in [0.3, 0.4) is 0 Å². The van der Waals surface area contributed by atoms with Crippen LogP contribution in [0.5, 0.6) is 11.5 Å². The Bertz CT molecular complexity index is 2290. The minimum atomic E-state index is 0.0146. The number of ether oxygens (including phenoxy) is 1. The van der Waals surface area contributed by atoms with Crippen molar-refractivity contribution >= 4 is 44.6 Å². The molecule has 5 nitrogen and oxygen atoms in total. The van der Waals surface area contributed by atoms with Crippen LogP contribution >= 0.6 is 0 Å². The van der Waals surface area contributed by atoms with E-state index in [0.29, 0.717) is 5.92 Å². The minimum Gasteiger partial charge on any atom is -0.457 e. The summed E-state index contributed by atoms with van der Waals surface area (Å²) in [6.45, 7) is 11.9. The maximum Gasteiger partial charge on any atom is 0.137 e. The lowest BCUT2D eigenvalue weighted by Crippen LogP contribution is -2.24. The highest BCUT2D eigenvalue weighted by atomic mass is 16.5. The van der Waals surface area contributed by atoms with E-state index < -0.39 is 0 Å². The highest BCUT2D eigenvalue weighted by Crippen LogP contribution is 2.45. The first-order valence-corrected chi connectivity index (χ1v) is 16.8. The standard InChI is InChI=1S/C43H40N4O/c1-29(2)30-12-10-13-32(24-30)45-28-46(40-19-9-8-18-39(40)45)33-14-11-15-34(26-33)48-35-20-21-37-36-16-6-7-17-38(36)47(41(37)27-35)42-25-31(22-23-44-42)43(3,4)5/h6-27,29H,28H2,1-5H3. The van der Waals surface area contributed by atoms with E-state index in [1.807, 2.05) is 12.3 Å². The molecule has 3 heterocycles. The number of aromatic nitrogens is 2. The van der Waals surface area contributed by atoms with Gasteiger partial charge in [-0.25, -0.2) is 4.98 Å². The molecule has 0 N–H and O–H groups in total. The summed E-state index contributed by atoms with van der Waals surface area (Å²) >= 11 is 0. The lowest BCUT2D eigenvalue weighted by molar-refractivity contribution is 0.483. The zero-order valence-electron chi connectivity index (χ0n) is 28.2. The van der Waals surface area contributed by atoms with E-state index in [1.165, 1.54) is 39.0 Å². The van der Waals surface area contributed by atoms with Gasteiger partial charge in [-0.2, -0.15) is 0 Å². The molecule has 0 spiro atoms. The first-order valence-electron chi connectivity index (χ1n) is 16.8. The maximum atomic E-state index is 6.62. The molecule has 0 unspecified atom stereocenters. The molecule has 0 amide bonds. The number of nitrogens with zero attached hydrogens (tertiary/aromatic N) is 4. The van der Waals surface area contributed by atoms with Crippen molar-refractivity contribution in [1.29, 1.82) is 0 Å². The average molecular weight is 629 g/mol. The van der Waals surface area contributed by atoms with Crippen molar-refractivity contribution in [3.05, 3.63) is 145 Å². The molecule has 0 saturated heterocycles. The molecule has 1 aliphatic heterocycles. The van der Waals surface area contributed by atoms with Crippen molar-refractivity contribution in [3.8, 4) is 17.3 Å². The highest BCUT2D eigenvalue weighted by molar-refractivity contribution is 6.09. The molecule has 0 bridgehead atoms. The number of hydrogen-bond donors (Lipinski definition) is 0. The fourth-order valence-electron chi connectivity index (χ4n) is 6.83. The van der Waals surface area contributed by atoms with Gasteiger partial charge >= 0.3 is 0 Å². The lowest BCUT2D eigenvalue weighted by atomic mass is 9.88. The Hall–Kier alpha value is -5.55. The summed E-state index contributed by atoms with van der Waals surface area (Å²) in [5.74, 6) is 2.95. The summed E-state index contributed by atoms with van der Waals surface area (Å²) in [5.41, 5.74) is 9.46. The van der Waals surface area contributed by atoms with Gasteiger partial charge in [-0.15, -0.1) is 0 Å². The van der Waals surface area contributed by atoms with Gasteiger partial charge in [0.1, 0.15) is 24.0 Å². The van der Waals surface area contributed by atoms with E-state index in [9.17, 15) is 0 Å². The molecule has 1 aliphatic rings. The normalized spacial score (nSPS) is 13.1. The van der Waals surface area contributed by atoms with Crippen LogP contribution in [-0.4, -0.2) is 16.2 Å². The molecule has 5 heteroatoms. The first-order chi connectivity index (χ1) is 23.2. The predicted octanol–water partition coefficient (Wildman–Crippen LogP) is 11.6. The smallest absolute Gasteiger partial charge is 0.137 e. The molecule has 8 rings (SSSR count). The van der Waals surface area contributed by atoms with E-state index in [-0.39, 0.29) is 5.41 Å². The number of pyridine rings is 1. The minimum absolute atomic E-state index is 0.0146. The zero-order valence-corrected chi connectivity index (χ0v) is 28.2. The van der Waals surface area contributed by atoms with Crippen molar-refractivity contribution in [2.45, 2.75) is 46.0 Å². The summed E-state index contributed by atoms with van der Waals surface area (Å²) < 4.78 is 8.88. The molecule has 0 atom stereocenters. The number of rotatable bonds is 6. The van der Waals surface area contributed by atoms with Crippen LogP contribution in [0.4, 0.5) is 22.7 Å². The maximum absolute atomic E-state index is 6.62. The summed E-state index contributed by atoms with van der Waals surface area (Å²) in [6, 6.07) is 45.2. The van der Waals surface area contributed by atoms with Crippen LogP contribution in [0.25, 0.3) is 27.6 Å². The highest BCUT2D eigenvalue weighted by Gasteiger charge is 2.28. The van der Waals surface area contributed by atoms with Crippen molar-refractivity contribution in [2.24, 2.45) is 0 Å². The Morgan fingerprint density at radius 3 is 2.04 bits per heavy atom. The van der Waals surface area contributed by atoms with Crippen molar-refractivity contribution in [2.75, 3.05) is 16.5 Å². The van der Waals surface area contributed by atoms with Gasteiger partial charge < -0.3 is 14.5 Å². The van der Waals surface area contributed by atoms with E-state index >= 15 is 0 Å². The van der Waals surface area contributed by atoms with Crippen molar-refractivity contribution in [3.63, 3.8) is 0 Å². The third kappa shape index (κ3) is 5.26. The number of para-hydroxylation sites is 3. The lowest BCUT2D eigenvalue weighted by Gasteiger charge is -2.23. The second-order valence-electron chi connectivity index (χ2n) is 14.0. The van der Waals surface area contributed by atoms with Gasteiger partial charge in [-0.05, 0) is 89.2 Å². The summed E-state index contributed by atoms with van der Waals surface area (Å²) in [6.07, 6.45) is 1.92. The first kappa shape index (κ1) is 29.8. The summed E-state index contributed by atoms with van der Waals surface area (Å²) in [7, 11) is 0. The molecule has 0 saturated carbocycles. The SMILES string of the molecule is CC(C)c1cccc(N2CN(c3cccc(Oc4ccc5c6ccccc6n(-c6cc(C(C)(C)C)ccn6)c5c4)c3)c3ccccc32)c1. The van der Waals surface area contributed by atoms with Gasteiger partial charge in [0.05, 0.1) is 22.4 Å². The van der Waals surface area contributed by atoms with Gasteiger partial charge in [0.15, 0.2) is 0 Å². The van der Waals surface area contributed by atoms with Gasteiger partial charge in [0.25, 0.3) is 0 Å². The van der Waals surface area contributed by atoms with Gasteiger partial charge in [0.2, 0.25) is 0 Å². The predicted molar refractivity (Wildman–Crippen MR) is 200 cm³/mol. The molecule has 2 aromatic heterocycles. The monoisotopic (exact) mass is 628 g/mol. The van der Waals surface area contributed by atoms with Crippen LogP contribution in [0.2, 0.25) is 0 Å². The fourth-order valence-corrected chi connectivity index (χ4v) is 6.83. The quantitative estimate of drug-likeness (QED) is 0.183. The molecule has 5 aromatic carbocycles. The van der Waals surface area contributed by atoms with E-state index in [1.54, 1.807) is 0 Å². The third-order valence-corrected chi connectivity index (χ3v) is 9.45. The Balaban J connectivity index is 1.15. The van der Waals surface area contributed by atoms with Crippen LogP contribution in [0, 0.1) is 0 Å². The topological polar surface area (TPSA) is 33.5 Å². The Morgan fingerprint density at radius 2 is 1.29 bits per heavy atom. The number of fused-ring (bicyclic) bond motifs is 4.